The number of anilines is 1. The highest BCUT2D eigenvalue weighted by Gasteiger charge is 2.16. The largest absolute Gasteiger partial charge is 0.326 e. The summed E-state index contributed by atoms with van der Waals surface area (Å²) in [5.41, 5.74) is 6.04. The summed E-state index contributed by atoms with van der Waals surface area (Å²) in [7, 11) is 0. The van der Waals surface area contributed by atoms with Crippen LogP contribution in [0.15, 0.2) is 42.5 Å². The number of nitro groups is 1. The first-order valence-corrected chi connectivity index (χ1v) is 6.06. The number of benzene rings is 2. The minimum absolute atomic E-state index is 0.221. The average Bonchev–Trinajstić information content (AvgIpc) is 2.47. The normalized spacial score (nSPS) is 10.2. The number of rotatable bonds is 4. The van der Waals surface area contributed by atoms with Gasteiger partial charge in [0.1, 0.15) is 5.82 Å². The number of nitrogens with one attached hydrogen (secondary N) is 1. The lowest BCUT2D eigenvalue weighted by Gasteiger charge is -2.10. The molecule has 0 radical (unpaired) electrons. The van der Waals surface area contributed by atoms with Crippen LogP contribution >= 0.6 is 0 Å². The number of hydrogen-bond acceptors (Lipinski definition) is 4. The van der Waals surface area contributed by atoms with Crippen molar-refractivity contribution < 1.29 is 14.1 Å². The summed E-state index contributed by atoms with van der Waals surface area (Å²) in [5, 5.41) is 13.1. The number of amides is 1. The summed E-state index contributed by atoms with van der Waals surface area (Å²) >= 11 is 0. The molecule has 0 saturated carbocycles. The summed E-state index contributed by atoms with van der Waals surface area (Å²) < 4.78 is 13.8. The third-order valence-corrected chi connectivity index (χ3v) is 2.89. The van der Waals surface area contributed by atoms with Gasteiger partial charge < -0.3 is 11.1 Å². The minimum Gasteiger partial charge on any atom is -0.326 e. The molecule has 0 aliphatic carbocycles. The van der Waals surface area contributed by atoms with Gasteiger partial charge in [0.25, 0.3) is 11.6 Å². The second kappa shape index (κ2) is 6.10. The van der Waals surface area contributed by atoms with Gasteiger partial charge in [0, 0.05) is 18.3 Å². The van der Waals surface area contributed by atoms with E-state index in [1.807, 2.05) is 0 Å². The smallest absolute Gasteiger partial charge is 0.272 e. The Balaban J connectivity index is 2.26. The Kier molecular flexibility index (Phi) is 4.24. The fraction of sp³-hybridized carbons (Fsp3) is 0.0714. The molecule has 21 heavy (non-hydrogen) atoms. The van der Waals surface area contributed by atoms with Gasteiger partial charge in [-0.3, -0.25) is 14.9 Å². The van der Waals surface area contributed by atoms with Gasteiger partial charge in [0.2, 0.25) is 0 Å². The standard InChI is InChI=1S/C14H12FN3O3/c15-12-7-10(18(20)21)5-6-11(12)14(19)17-13-4-2-1-3-9(13)8-16/h1-7H,8,16H2,(H,17,19). The van der Waals surface area contributed by atoms with Crippen molar-refractivity contribution in [1.29, 1.82) is 0 Å². The molecule has 0 atom stereocenters. The highest BCUT2D eigenvalue weighted by Crippen LogP contribution is 2.19. The molecule has 0 aliphatic rings. The Bertz CT molecular complexity index is 704. The predicted octanol–water partition coefficient (Wildman–Crippen LogP) is 2.44. The lowest BCUT2D eigenvalue weighted by molar-refractivity contribution is -0.385. The molecule has 6 nitrogen and oxygen atoms in total. The minimum atomic E-state index is -0.952. The zero-order valence-corrected chi connectivity index (χ0v) is 10.9. The van der Waals surface area contributed by atoms with Crippen molar-refractivity contribution >= 4 is 17.3 Å². The number of nitro benzene ring substituents is 1. The van der Waals surface area contributed by atoms with Gasteiger partial charge in [-0.05, 0) is 17.7 Å². The fourth-order valence-corrected chi connectivity index (χ4v) is 1.81. The highest BCUT2D eigenvalue weighted by molar-refractivity contribution is 6.05. The van der Waals surface area contributed by atoms with E-state index in [1.54, 1.807) is 24.3 Å². The maximum atomic E-state index is 13.8. The van der Waals surface area contributed by atoms with Crippen LogP contribution < -0.4 is 11.1 Å². The van der Waals surface area contributed by atoms with E-state index in [4.69, 9.17) is 5.73 Å². The zero-order chi connectivity index (χ0) is 15.4. The molecule has 0 saturated heterocycles. The van der Waals surface area contributed by atoms with Gasteiger partial charge in [-0.15, -0.1) is 0 Å². The molecule has 2 aromatic carbocycles. The Morgan fingerprint density at radius 3 is 2.62 bits per heavy atom. The van der Waals surface area contributed by atoms with Crippen LogP contribution in [0.4, 0.5) is 15.8 Å². The summed E-state index contributed by atoms with van der Waals surface area (Å²) in [6.45, 7) is 0.221. The maximum Gasteiger partial charge on any atom is 0.272 e. The molecule has 0 aromatic heterocycles. The Morgan fingerprint density at radius 2 is 2.00 bits per heavy atom. The summed E-state index contributed by atoms with van der Waals surface area (Å²) in [5.74, 6) is -1.64. The van der Waals surface area contributed by atoms with Crippen molar-refractivity contribution in [3.8, 4) is 0 Å². The first kappa shape index (κ1) is 14.6. The van der Waals surface area contributed by atoms with Gasteiger partial charge >= 0.3 is 0 Å². The number of carbonyl (C=O) groups excluding carboxylic acids is 1. The molecule has 108 valence electrons. The third-order valence-electron chi connectivity index (χ3n) is 2.89. The molecular weight excluding hydrogens is 277 g/mol. The lowest BCUT2D eigenvalue weighted by Crippen LogP contribution is -2.15. The van der Waals surface area contributed by atoms with Gasteiger partial charge in [0.05, 0.1) is 16.6 Å². The molecule has 2 aromatic rings. The maximum absolute atomic E-state index is 13.8. The topological polar surface area (TPSA) is 98.3 Å². The summed E-state index contributed by atoms with van der Waals surface area (Å²) in [6.07, 6.45) is 0. The molecule has 1 amide bonds. The van der Waals surface area contributed by atoms with Crippen molar-refractivity contribution in [3.63, 3.8) is 0 Å². The van der Waals surface area contributed by atoms with E-state index in [2.05, 4.69) is 5.32 Å². The predicted molar refractivity (Wildman–Crippen MR) is 75.3 cm³/mol. The first-order chi connectivity index (χ1) is 10.0. The van der Waals surface area contributed by atoms with E-state index in [0.29, 0.717) is 17.3 Å². The third kappa shape index (κ3) is 3.21. The summed E-state index contributed by atoms with van der Waals surface area (Å²) in [6, 6.07) is 9.72. The molecule has 0 unspecified atom stereocenters. The van der Waals surface area contributed by atoms with E-state index in [9.17, 15) is 19.3 Å². The van der Waals surface area contributed by atoms with Gasteiger partial charge in [-0.2, -0.15) is 0 Å². The Labute approximate surface area is 119 Å². The number of non-ortho nitro benzene ring substituents is 1. The average molecular weight is 289 g/mol. The van der Waals surface area contributed by atoms with Crippen LogP contribution in [-0.2, 0) is 6.54 Å². The number of para-hydroxylation sites is 1. The molecule has 3 N–H and O–H groups in total. The van der Waals surface area contributed by atoms with Crippen LogP contribution in [0.3, 0.4) is 0 Å². The number of halogens is 1. The van der Waals surface area contributed by atoms with E-state index < -0.39 is 22.3 Å². The molecule has 2 rings (SSSR count). The molecular formula is C14H12FN3O3. The molecule has 0 heterocycles. The second-order valence-corrected chi connectivity index (χ2v) is 4.24. The fourth-order valence-electron chi connectivity index (χ4n) is 1.81. The Hall–Kier alpha value is -2.80. The molecule has 0 bridgehead atoms. The number of carbonyl (C=O) groups is 1. The van der Waals surface area contributed by atoms with Crippen LogP contribution in [0.1, 0.15) is 15.9 Å². The second-order valence-electron chi connectivity index (χ2n) is 4.24. The van der Waals surface area contributed by atoms with E-state index in [-0.39, 0.29) is 12.1 Å². The number of hydrogen-bond donors (Lipinski definition) is 2. The van der Waals surface area contributed by atoms with Crippen LogP contribution in [0.2, 0.25) is 0 Å². The monoisotopic (exact) mass is 289 g/mol. The Morgan fingerprint density at radius 1 is 1.29 bits per heavy atom. The van der Waals surface area contributed by atoms with E-state index >= 15 is 0 Å². The van der Waals surface area contributed by atoms with Crippen molar-refractivity contribution in [2.75, 3.05) is 5.32 Å². The summed E-state index contributed by atoms with van der Waals surface area (Å²) in [4.78, 5) is 21.8. The number of nitrogens with zero attached hydrogens (tertiary/aromatic N) is 1. The zero-order valence-electron chi connectivity index (χ0n) is 10.9. The van der Waals surface area contributed by atoms with Crippen LogP contribution in [-0.4, -0.2) is 10.8 Å². The van der Waals surface area contributed by atoms with Crippen molar-refractivity contribution in [3.05, 3.63) is 69.5 Å². The van der Waals surface area contributed by atoms with Crippen molar-refractivity contribution in [2.45, 2.75) is 6.54 Å². The highest BCUT2D eigenvalue weighted by atomic mass is 19.1. The van der Waals surface area contributed by atoms with Crippen LogP contribution in [0.5, 0.6) is 0 Å². The van der Waals surface area contributed by atoms with Gasteiger partial charge in [-0.1, -0.05) is 18.2 Å². The molecule has 0 spiro atoms. The number of nitrogens with two attached hydrogens (primary N) is 1. The SMILES string of the molecule is NCc1ccccc1NC(=O)c1ccc([N+](=O)[O-])cc1F. The van der Waals surface area contributed by atoms with Crippen LogP contribution in [0.25, 0.3) is 0 Å². The quantitative estimate of drug-likeness (QED) is 0.667. The van der Waals surface area contributed by atoms with Gasteiger partial charge in [0.15, 0.2) is 0 Å². The van der Waals surface area contributed by atoms with Crippen molar-refractivity contribution in [2.24, 2.45) is 5.73 Å². The lowest BCUT2D eigenvalue weighted by atomic mass is 10.1. The van der Waals surface area contributed by atoms with Gasteiger partial charge in [-0.25, -0.2) is 4.39 Å². The van der Waals surface area contributed by atoms with Crippen LogP contribution in [0, 0.1) is 15.9 Å². The van der Waals surface area contributed by atoms with E-state index in [0.717, 1.165) is 12.1 Å². The van der Waals surface area contributed by atoms with E-state index in [1.165, 1.54) is 0 Å². The molecule has 0 fully saturated rings. The molecule has 7 heteroatoms. The molecule has 0 aliphatic heterocycles. The first-order valence-electron chi connectivity index (χ1n) is 6.06. The van der Waals surface area contributed by atoms with Crippen molar-refractivity contribution in [1.82, 2.24) is 0 Å².